The van der Waals surface area contributed by atoms with Crippen molar-refractivity contribution < 1.29 is 35.5 Å². The Morgan fingerprint density at radius 3 is 1.35 bits per heavy atom. The summed E-state index contributed by atoms with van der Waals surface area (Å²) in [5.41, 5.74) is 0. The molecule has 1 rings (SSSR count). The van der Waals surface area contributed by atoms with Crippen LogP contribution in [-0.2, 0) is 29.8 Å². The Labute approximate surface area is 118 Å². The Morgan fingerprint density at radius 1 is 0.824 bits per heavy atom. The fraction of sp³-hybridized carbons (Fsp3) is 0. The maximum absolute atomic E-state index is 11.2. The third-order valence-corrected chi connectivity index (χ3v) is 3.27. The zero-order valence-corrected chi connectivity index (χ0v) is 8.95. The first-order valence-corrected chi connectivity index (χ1v) is 6.38. The van der Waals surface area contributed by atoms with E-state index < -0.39 is 41.6 Å². The minimum absolute atomic E-state index is 0. The average Bonchev–Trinajstić information content (AvgIpc) is 2.04. The van der Waals surface area contributed by atoms with E-state index in [4.69, 9.17) is 9.11 Å². The SMILES string of the molecule is O=C1C=C(S(=O)(=O)O)C(=O)C(S(=O)(=O)O)=C1.[NaH]. The number of hydrogen-bond donors (Lipinski definition) is 2. The molecule has 0 radical (unpaired) electrons. The molecular formula is C6H5NaO8S2. The molecule has 17 heavy (non-hydrogen) atoms. The van der Waals surface area contributed by atoms with Crippen molar-refractivity contribution in [2.24, 2.45) is 0 Å². The van der Waals surface area contributed by atoms with Gasteiger partial charge in [0.15, 0.2) is 5.78 Å². The van der Waals surface area contributed by atoms with Crippen LogP contribution in [0.5, 0.6) is 0 Å². The third kappa shape index (κ3) is 3.81. The van der Waals surface area contributed by atoms with Crippen molar-refractivity contribution in [2.45, 2.75) is 0 Å². The first kappa shape index (κ1) is 16.6. The van der Waals surface area contributed by atoms with Gasteiger partial charge in [-0.25, -0.2) is 0 Å². The van der Waals surface area contributed by atoms with Crippen molar-refractivity contribution in [1.82, 2.24) is 0 Å². The summed E-state index contributed by atoms with van der Waals surface area (Å²) in [5.74, 6) is -2.82. The van der Waals surface area contributed by atoms with Gasteiger partial charge in [0.1, 0.15) is 9.81 Å². The van der Waals surface area contributed by atoms with Crippen molar-refractivity contribution in [2.75, 3.05) is 0 Å². The molecule has 1 aliphatic rings. The number of hydrogen-bond acceptors (Lipinski definition) is 6. The second-order valence-electron chi connectivity index (χ2n) is 2.70. The second-order valence-corrected chi connectivity index (χ2v) is 5.48. The van der Waals surface area contributed by atoms with Crippen LogP contribution in [0.4, 0.5) is 0 Å². The molecule has 0 heterocycles. The Balaban J connectivity index is 0.00000256. The Hall–Kier alpha value is -0.360. The monoisotopic (exact) mass is 292 g/mol. The molecule has 0 aromatic carbocycles. The fourth-order valence-electron chi connectivity index (χ4n) is 0.936. The van der Waals surface area contributed by atoms with Gasteiger partial charge >= 0.3 is 29.6 Å². The van der Waals surface area contributed by atoms with E-state index in [0.29, 0.717) is 0 Å². The molecule has 0 fully saturated rings. The van der Waals surface area contributed by atoms with E-state index >= 15 is 0 Å². The Morgan fingerprint density at radius 2 is 1.12 bits per heavy atom. The summed E-state index contributed by atoms with van der Waals surface area (Å²) in [6.45, 7) is 0. The molecule has 0 spiro atoms. The zero-order valence-electron chi connectivity index (χ0n) is 7.32. The molecule has 0 aliphatic heterocycles. The van der Waals surface area contributed by atoms with Crippen LogP contribution in [0.1, 0.15) is 0 Å². The molecule has 1 aliphatic carbocycles. The van der Waals surface area contributed by atoms with Crippen LogP contribution in [-0.4, -0.2) is 67.1 Å². The summed E-state index contributed by atoms with van der Waals surface area (Å²) in [5, 5.41) is 0. The van der Waals surface area contributed by atoms with Crippen molar-refractivity contribution in [1.29, 1.82) is 0 Å². The van der Waals surface area contributed by atoms with E-state index in [9.17, 15) is 26.4 Å². The minimum atomic E-state index is -5.03. The molecule has 0 unspecified atom stereocenters. The molecule has 90 valence electrons. The zero-order chi connectivity index (χ0) is 12.7. The van der Waals surface area contributed by atoms with Crippen LogP contribution in [0.15, 0.2) is 22.0 Å². The van der Waals surface area contributed by atoms with Gasteiger partial charge in [0.25, 0.3) is 20.2 Å². The predicted octanol–water partition coefficient (Wildman–Crippen LogP) is -1.97. The topological polar surface area (TPSA) is 143 Å². The van der Waals surface area contributed by atoms with Crippen LogP contribution >= 0.6 is 0 Å². The van der Waals surface area contributed by atoms with Crippen molar-refractivity contribution in [3.63, 3.8) is 0 Å². The van der Waals surface area contributed by atoms with Crippen LogP contribution in [0.25, 0.3) is 0 Å². The predicted molar refractivity (Wildman–Crippen MR) is 56.4 cm³/mol. The summed E-state index contributed by atoms with van der Waals surface area (Å²) in [7, 11) is -10.1. The van der Waals surface area contributed by atoms with Gasteiger partial charge in [-0.3, -0.25) is 18.7 Å². The average molecular weight is 292 g/mol. The van der Waals surface area contributed by atoms with Crippen molar-refractivity contribution in [3.05, 3.63) is 22.0 Å². The van der Waals surface area contributed by atoms with Gasteiger partial charge in [0.05, 0.1) is 0 Å². The van der Waals surface area contributed by atoms with Crippen molar-refractivity contribution in [3.8, 4) is 0 Å². The summed E-state index contributed by atoms with van der Waals surface area (Å²) in [4.78, 5) is 19.3. The number of carbonyl (C=O) groups is 2. The number of allylic oxidation sites excluding steroid dienone is 4. The number of rotatable bonds is 2. The van der Waals surface area contributed by atoms with Gasteiger partial charge < -0.3 is 0 Å². The standard InChI is InChI=1S/C6H4O8S2.Na.H/c7-3-1-4(15(9,10)11)6(8)5(2-3)16(12,13)14;;/h1-2H,(H,9,10,11)(H,12,13,14);;. The van der Waals surface area contributed by atoms with Gasteiger partial charge in [-0.2, -0.15) is 16.8 Å². The third-order valence-electron chi connectivity index (χ3n) is 1.55. The van der Waals surface area contributed by atoms with E-state index in [2.05, 4.69) is 0 Å². The molecule has 0 aromatic rings. The van der Waals surface area contributed by atoms with Crippen LogP contribution in [0.3, 0.4) is 0 Å². The summed E-state index contributed by atoms with van der Waals surface area (Å²) < 4.78 is 59.6. The fourth-order valence-corrected chi connectivity index (χ4v) is 2.22. The van der Waals surface area contributed by atoms with Crippen molar-refractivity contribution >= 4 is 61.4 Å². The van der Waals surface area contributed by atoms with Crippen LogP contribution < -0.4 is 0 Å². The van der Waals surface area contributed by atoms with Gasteiger partial charge in [-0.05, 0) is 0 Å². The first-order valence-electron chi connectivity index (χ1n) is 3.50. The molecule has 0 bridgehead atoms. The molecule has 0 saturated heterocycles. The van der Waals surface area contributed by atoms with E-state index in [-0.39, 0.29) is 41.7 Å². The van der Waals surface area contributed by atoms with Crippen LogP contribution in [0, 0.1) is 0 Å². The molecule has 8 nitrogen and oxygen atoms in total. The van der Waals surface area contributed by atoms with E-state index in [1.54, 1.807) is 0 Å². The van der Waals surface area contributed by atoms with Crippen LogP contribution in [0.2, 0.25) is 0 Å². The summed E-state index contributed by atoms with van der Waals surface area (Å²) >= 11 is 0. The number of carbonyl (C=O) groups excluding carboxylic acids is 2. The Bertz CT molecular complexity index is 582. The molecular weight excluding hydrogens is 287 g/mol. The quantitative estimate of drug-likeness (QED) is 0.339. The van der Waals surface area contributed by atoms with Gasteiger partial charge in [-0.15, -0.1) is 0 Å². The van der Waals surface area contributed by atoms with E-state index in [1.807, 2.05) is 0 Å². The van der Waals surface area contributed by atoms with Gasteiger partial charge in [0.2, 0.25) is 5.78 Å². The maximum atomic E-state index is 11.2. The normalized spacial score (nSPS) is 17.1. The van der Waals surface area contributed by atoms with E-state index in [0.717, 1.165) is 0 Å². The first-order chi connectivity index (χ1) is 7.03. The molecule has 0 amide bonds. The van der Waals surface area contributed by atoms with Gasteiger partial charge in [-0.1, -0.05) is 0 Å². The molecule has 11 heteroatoms. The Kier molecular flexibility index (Phi) is 4.99. The second kappa shape index (κ2) is 5.10. The number of ketones is 2. The summed E-state index contributed by atoms with van der Waals surface area (Å²) in [6.07, 6.45) is 0.513. The molecule has 0 saturated carbocycles. The molecule has 2 N–H and O–H groups in total. The van der Waals surface area contributed by atoms with Gasteiger partial charge in [0, 0.05) is 12.2 Å². The van der Waals surface area contributed by atoms with E-state index in [1.165, 1.54) is 0 Å². The molecule has 0 aromatic heterocycles. The number of Topliss-reactive ketones (excluding diaryl/α,β-unsaturated/α-hetero) is 1. The summed E-state index contributed by atoms with van der Waals surface area (Å²) in [6, 6.07) is 0. The molecule has 0 atom stereocenters.